The maximum Gasteiger partial charge on any atom is 0.330 e. The third-order valence-corrected chi connectivity index (χ3v) is 4.86. The average molecular weight is 369 g/mol. The monoisotopic (exact) mass is 368 g/mol. The molecule has 0 aliphatic heterocycles. The molecule has 1 aliphatic carbocycles. The fourth-order valence-corrected chi connectivity index (χ4v) is 3.42. The molecule has 3 heteroatoms. The van der Waals surface area contributed by atoms with E-state index < -0.39 is 0 Å². The van der Waals surface area contributed by atoms with Crippen LogP contribution in [-0.2, 0) is 14.3 Å². The number of ketones is 1. The van der Waals surface area contributed by atoms with Crippen LogP contribution in [0.1, 0.15) is 47.5 Å². The largest absolute Gasteiger partial charge is 0.466 e. The molecule has 0 aromatic rings. The summed E-state index contributed by atoms with van der Waals surface area (Å²) >= 11 is 0. The van der Waals surface area contributed by atoms with Gasteiger partial charge in [-0.05, 0) is 55.7 Å². The van der Waals surface area contributed by atoms with Crippen LogP contribution in [0.4, 0.5) is 0 Å². The first-order valence-corrected chi connectivity index (χ1v) is 9.28. The van der Waals surface area contributed by atoms with Crippen molar-refractivity contribution < 1.29 is 14.3 Å². The smallest absolute Gasteiger partial charge is 0.330 e. The minimum Gasteiger partial charge on any atom is -0.466 e. The van der Waals surface area contributed by atoms with Gasteiger partial charge < -0.3 is 4.74 Å². The van der Waals surface area contributed by atoms with Gasteiger partial charge in [0.2, 0.25) is 0 Å². The summed E-state index contributed by atoms with van der Waals surface area (Å²) < 4.78 is 4.60. The van der Waals surface area contributed by atoms with E-state index in [1.165, 1.54) is 13.2 Å². The lowest BCUT2D eigenvalue weighted by Gasteiger charge is -2.36. The van der Waals surface area contributed by atoms with Crippen molar-refractivity contribution in [1.82, 2.24) is 0 Å². The number of hydrogen-bond acceptors (Lipinski definition) is 3. The summed E-state index contributed by atoms with van der Waals surface area (Å²) in [6.45, 7) is 13.9. The minimum atomic E-state index is -0.362. The second kappa shape index (κ2) is 10.1. The molecule has 0 heterocycles. The molecule has 0 fully saturated rings. The Morgan fingerprint density at radius 2 is 1.93 bits per heavy atom. The minimum absolute atomic E-state index is 0.0406. The van der Waals surface area contributed by atoms with E-state index in [-0.39, 0.29) is 23.1 Å². The number of Topliss-reactive ketones (excluding diaryl/α,β-unsaturated/α-hetero) is 1. The van der Waals surface area contributed by atoms with E-state index in [1.807, 2.05) is 51.2 Å². The van der Waals surface area contributed by atoms with Crippen LogP contribution in [0.5, 0.6) is 0 Å². The van der Waals surface area contributed by atoms with E-state index >= 15 is 0 Å². The Morgan fingerprint density at radius 1 is 1.26 bits per heavy atom. The molecule has 1 aliphatic rings. The van der Waals surface area contributed by atoms with Gasteiger partial charge in [-0.15, -0.1) is 6.58 Å². The lowest BCUT2D eigenvalue weighted by molar-refractivity contribution is -0.134. The summed E-state index contributed by atoms with van der Waals surface area (Å²) in [6, 6.07) is 0. The lowest BCUT2D eigenvalue weighted by Crippen LogP contribution is -2.32. The first kappa shape index (κ1) is 22.6. The normalized spacial score (nSPS) is 21.3. The van der Waals surface area contributed by atoms with Crippen LogP contribution < -0.4 is 0 Å². The molecule has 0 bridgehead atoms. The molecular weight excluding hydrogens is 336 g/mol. The van der Waals surface area contributed by atoms with E-state index in [1.54, 1.807) is 0 Å². The molecule has 1 atom stereocenters. The topological polar surface area (TPSA) is 43.4 Å². The molecule has 0 radical (unpaired) electrons. The summed E-state index contributed by atoms with van der Waals surface area (Å²) in [4.78, 5) is 23.8. The van der Waals surface area contributed by atoms with Crippen LogP contribution in [0.25, 0.3) is 0 Å². The van der Waals surface area contributed by atoms with Crippen molar-refractivity contribution in [1.29, 1.82) is 0 Å². The number of esters is 1. The van der Waals surface area contributed by atoms with Crippen molar-refractivity contribution in [3.05, 3.63) is 71.4 Å². The van der Waals surface area contributed by atoms with Gasteiger partial charge in [0.05, 0.1) is 7.11 Å². The van der Waals surface area contributed by atoms with E-state index in [4.69, 9.17) is 0 Å². The summed E-state index contributed by atoms with van der Waals surface area (Å²) in [7, 11) is 1.36. The van der Waals surface area contributed by atoms with Gasteiger partial charge in [-0.25, -0.2) is 4.79 Å². The van der Waals surface area contributed by atoms with Crippen LogP contribution >= 0.6 is 0 Å². The van der Waals surface area contributed by atoms with E-state index in [2.05, 4.69) is 31.2 Å². The molecule has 0 N–H and O–H groups in total. The highest BCUT2D eigenvalue weighted by atomic mass is 16.5. The first-order valence-electron chi connectivity index (χ1n) is 9.28. The summed E-state index contributed by atoms with van der Waals surface area (Å²) in [5.74, 6) is -0.0862. The van der Waals surface area contributed by atoms with Gasteiger partial charge in [0.25, 0.3) is 0 Å². The Balaban J connectivity index is 2.96. The van der Waals surface area contributed by atoms with Crippen molar-refractivity contribution in [2.45, 2.75) is 47.5 Å². The lowest BCUT2D eigenvalue weighted by atomic mass is 9.67. The Kier molecular flexibility index (Phi) is 8.42. The highest BCUT2D eigenvalue weighted by Gasteiger charge is 2.36. The molecule has 1 rings (SSSR count). The number of ether oxygens (including phenoxy) is 1. The number of carbonyl (C=O) groups is 2. The molecule has 0 aromatic carbocycles. The van der Waals surface area contributed by atoms with Gasteiger partial charge in [0.1, 0.15) is 0 Å². The molecule has 27 heavy (non-hydrogen) atoms. The maximum atomic E-state index is 12.6. The average Bonchev–Trinajstić information content (AvgIpc) is 2.59. The molecule has 0 saturated carbocycles. The fraction of sp³-hybridized carbons (Fsp3) is 0.417. The van der Waals surface area contributed by atoms with Gasteiger partial charge in [0.15, 0.2) is 5.78 Å². The SMILES string of the molecule is C=CC[C@@H]1CC(C)(C)C(/C=C/C(C)=C/C=C/C(C)=C/C(=O)OC)=C(C)C1=O. The van der Waals surface area contributed by atoms with Crippen molar-refractivity contribution >= 4 is 11.8 Å². The van der Waals surface area contributed by atoms with Gasteiger partial charge >= 0.3 is 5.97 Å². The van der Waals surface area contributed by atoms with Gasteiger partial charge in [-0.1, -0.05) is 55.9 Å². The second-order valence-corrected chi connectivity index (χ2v) is 7.73. The van der Waals surface area contributed by atoms with Gasteiger partial charge in [-0.3, -0.25) is 4.79 Å². The van der Waals surface area contributed by atoms with E-state index in [0.717, 1.165) is 35.1 Å². The van der Waals surface area contributed by atoms with Gasteiger partial charge in [-0.2, -0.15) is 0 Å². The fourth-order valence-electron chi connectivity index (χ4n) is 3.42. The first-order chi connectivity index (χ1) is 12.6. The Morgan fingerprint density at radius 3 is 2.52 bits per heavy atom. The Bertz CT molecular complexity index is 740. The van der Waals surface area contributed by atoms with Crippen LogP contribution in [0.2, 0.25) is 0 Å². The molecule has 0 saturated heterocycles. The summed E-state index contributed by atoms with van der Waals surface area (Å²) in [5.41, 5.74) is 3.80. The highest BCUT2D eigenvalue weighted by molar-refractivity contribution is 5.99. The third kappa shape index (κ3) is 6.67. The molecular formula is C24H32O3. The standard InChI is InChI=1S/C24H32O3/c1-8-10-20-16-24(5,6)21(19(4)23(20)26)14-13-17(2)11-9-12-18(3)15-22(25)27-7/h8-9,11-15,20H,1,10,16H2,2-7H3/b12-9+,14-13+,17-11+,18-15+/t20-/m1/s1. The molecule has 146 valence electrons. The van der Waals surface area contributed by atoms with E-state index in [0.29, 0.717) is 0 Å². The Labute approximate surface area is 163 Å². The van der Waals surface area contributed by atoms with Gasteiger partial charge in [0, 0.05) is 12.0 Å². The summed E-state index contributed by atoms with van der Waals surface area (Å²) in [5, 5.41) is 0. The van der Waals surface area contributed by atoms with Crippen LogP contribution in [-0.4, -0.2) is 18.9 Å². The zero-order valence-corrected chi connectivity index (χ0v) is 17.5. The number of methoxy groups -OCH3 is 1. The highest BCUT2D eigenvalue weighted by Crippen LogP contribution is 2.43. The molecule has 0 spiro atoms. The zero-order valence-electron chi connectivity index (χ0n) is 17.5. The van der Waals surface area contributed by atoms with E-state index in [9.17, 15) is 9.59 Å². The van der Waals surface area contributed by atoms with Crippen LogP contribution in [0.15, 0.2) is 71.4 Å². The van der Waals surface area contributed by atoms with Crippen molar-refractivity contribution in [3.63, 3.8) is 0 Å². The van der Waals surface area contributed by atoms with Crippen molar-refractivity contribution in [3.8, 4) is 0 Å². The molecule has 0 amide bonds. The molecule has 3 nitrogen and oxygen atoms in total. The number of carbonyl (C=O) groups excluding carboxylic acids is 2. The Hall–Kier alpha value is -2.42. The van der Waals surface area contributed by atoms with Crippen LogP contribution in [0.3, 0.4) is 0 Å². The predicted octanol–water partition coefficient (Wildman–Crippen LogP) is 5.67. The van der Waals surface area contributed by atoms with Crippen LogP contribution in [0, 0.1) is 11.3 Å². The number of rotatable bonds is 7. The second-order valence-electron chi connectivity index (χ2n) is 7.73. The number of allylic oxidation sites excluding steroid dienone is 10. The zero-order chi connectivity index (χ0) is 20.6. The number of hydrogen-bond donors (Lipinski definition) is 0. The maximum absolute atomic E-state index is 12.6. The quantitative estimate of drug-likeness (QED) is 0.252. The molecule has 0 aromatic heterocycles. The third-order valence-electron chi connectivity index (χ3n) is 4.86. The predicted molar refractivity (Wildman–Crippen MR) is 112 cm³/mol. The van der Waals surface area contributed by atoms with Crippen molar-refractivity contribution in [2.75, 3.05) is 7.11 Å². The van der Waals surface area contributed by atoms with Crippen molar-refractivity contribution in [2.24, 2.45) is 11.3 Å². The summed E-state index contributed by atoms with van der Waals surface area (Å²) in [6.07, 6.45) is 14.7. The molecule has 0 unspecified atom stereocenters.